The van der Waals surface area contributed by atoms with E-state index in [1.54, 1.807) is 0 Å². The largest absolute Gasteiger partial charge is 0.492 e. The van der Waals surface area contributed by atoms with Gasteiger partial charge in [0.15, 0.2) is 0 Å². The Hall–Kier alpha value is -3.12. The summed E-state index contributed by atoms with van der Waals surface area (Å²) in [6, 6.07) is 17.7. The summed E-state index contributed by atoms with van der Waals surface area (Å²) >= 11 is 1.43. The minimum Gasteiger partial charge on any atom is -0.492 e. The molecular weight excluding hydrogens is 394 g/mol. The molecule has 0 fully saturated rings. The molecule has 0 saturated carbocycles. The van der Waals surface area contributed by atoms with E-state index >= 15 is 0 Å². The highest BCUT2D eigenvalue weighted by molar-refractivity contribution is 7.12. The van der Waals surface area contributed by atoms with E-state index in [2.05, 4.69) is 35.9 Å². The second kappa shape index (κ2) is 8.71. The lowest BCUT2D eigenvalue weighted by molar-refractivity contribution is 0.0941. The summed E-state index contributed by atoms with van der Waals surface area (Å²) in [6.45, 7) is 7.26. The van der Waals surface area contributed by atoms with Gasteiger partial charge in [0.05, 0.1) is 28.5 Å². The molecule has 6 heteroatoms. The van der Waals surface area contributed by atoms with Crippen molar-refractivity contribution in [1.82, 2.24) is 14.9 Å². The van der Waals surface area contributed by atoms with Crippen molar-refractivity contribution in [2.75, 3.05) is 6.61 Å². The molecule has 2 aromatic heterocycles. The molecule has 0 spiro atoms. The van der Waals surface area contributed by atoms with Gasteiger partial charge >= 0.3 is 0 Å². The van der Waals surface area contributed by atoms with Crippen LogP contribution in [0.3, 0.4) is 0 Å². The Bertz CT molecular complexity index is 1140. The van der Waals surface area contributed by atoms with E-state index in [9.17, 15) is 4.79 Å². The van der Waals surface area contributed by atoms with Crippen LogP contribution in [0.2, 0.25) is 0 Å². The lowest BCUT2D eigenvalue weighted by Gasteiger charge is -2.16. The molecule has 4 rings (SSSR count). The summed E-state index contributed by atoms with van der Waals surface area (Å²) in [5.41, 5.74) is 4.32. The number of para-hydroxylation sites is 2. The van der Waals surface area contributed by atoms with Crippen LogP contribution in [-0.2, 0) is 6.54 Å². The number of rotatable bonds is 7. The Morgan fingerprint density at radius 1 is 1.13 bits per heavy atom. The Balaban J connectivity index is 1.54. The van der Waals surface area contributed by atoms with E-state index in [4.69, 9.17) is 9.72 Å². The second-order valence-electron chi connectivity index (χ2n) is 7.45. The molecule has 0 aliphatic heterocycles. The van der Waals surface area contributed by atoms with Crippen molar-refractivity contribution in [3.05, 3.63) is 81.8 Å². The first-order chi connectivity index (χ1) is 14.5. The molecule has 2 heterocycles. The number of carbonyl (C=O) groups excluding carboxylic acids is 1. The van der Waals surface area contributed by atoms with Crippen LogP contribution in [0.4, 0.5) is 0 Å². The molecule has 0 radical (unpaired) electrons. The number of hydrogen-bond donors (Lipinski definition) is 1. The van der Waals surface area contributed by atoms with Gasteiger partial charge in [-0.25, -0.2) is 4.98 Å². The fourth-order valence-corrected chi connectivity index (χ4v) is 4.30. The SMILES string of the molecule is Cc1cc(C)cc(OCCn2c(C(C)NC(=O)c3cccs3)nc3ccccc32)c1. The first-order valence-electron chi connectivity index (χ1n) is 10.0. The van der Waals surface area contributed by atoms with Crippen molar-refractivity contribution in [3.63, 3.8) is 0 Å². The number of aromatic nitrogens is 2. The van der Waals surface area contributed by atoms with Gasteiger partial charge < -0.3 is 14.6 Å². The summed E-state index contributed by atoms with van der Waals surface area (Å²) in [5, 5.41) is 4.97. The van der Waals surface area contributed by atoms with Gasteiger partial charge in [-0.1, -0.05) is 24.3 Å². The van der Waals surface area contributed by atoms with Gasteiger partial charge in [0.1, 0.15) is 18.2 Å². The average molecular weight is 420 g/mol. The van der Waals surface area contributed by atoms with E-state index in [-0.39, 0.29) is 11.9 Å². The number of nitrogens with one attached hydrogen (secondary N) is 1. The third kappa shape index (κ3) is 4.39. The zero-order valence-electron chi connectivity index (χ0n) is 17.4. The van der Waals surface area contributed by atoms with E-state index in [0.717, 1.165) is 22.6 Å². The standard InChI is InChI=1S/C24H25N3O2S/c1-16-13-17(2)15-19(14-16)29-11-10-27-21-8-5-4-7-20(21)26-23(27)18(3)25-24(28)22-9-6-12-30-22/h4-9,12-15,18H,10-11H2,1-3H3,(H,25,28). The van der Waals surface area contributed by atoms with Crippen molar-refractivity contribution in [3.8, 4) is 5.75 Å². The number of hydrogen-bond acceptors (Lipinski definition) is 4. The summed E-state index contributed by atoms with van der Waals surface area (Å²) < 4.78 is 8.17. The smallest absolute Gasteiger partial charge is 0.261 e. The summed E-state index contributed by atoms with van der Waals surface area (Å²) in [7, 11) is 0. The molecule has 2 aromatic carbocycles. The molecule has 0 aliphatic carbocycles. The molecule has 0 bridgehead atoms. The lowest BCUT2D eigenvalue weighted by atomic mass is 10.1. The molecule has 0 saturated heterocycles. The number of aryl methyl sites for hydroxylation is 2. The highest BCUT2D eigenvalue weighted by Gasteiger charge is 2.19. The van der Waals surface area contributed by atoms with Gasteiger partial charge in [-0.2, -0.15) is 0 Å². The lowest BCUT2D eigenvalue weighted by Crippen LogP contribution is -2.28. The van der Waals surface area contributed by atoms with Crippen LogP contribution in [0, 0.1) is 13.8 Å². The molecule has 1 atom stereocenters. The van der Waals surface area contributed by atoms with Gasteiger partial charge in [-0.05, 0) is 67.6 Å². The third-order valence-corrected chi connectivity index (χ3v) is 5.81. The van der Waals surface area contributed by atoms with Gasteiger partial charge in [0.2, 0.25) is 0 Å². The van der Waals surface area contributed by atoms with Gasteiger partial charge in [-0.3, -0.25) is 4.79 Å². The van der Waals surface area contributed by atoms with Crippen LogP contribution in [0.5, 0.6) is 5.75 Å². The Kier molecular flexibility index (Phi) is 5.86. The number of nitrogens with zero attached hydrogens (tertiary/aromatic N) is 2. The highest BCUT2D eigenvalue weighted by atomic mass is 32.1. The Morgan fingerprint density at radius 2 is 1.90 bits per heavy atom. The van der Waals surface area contributed by atoms with Crippen LogP contribution in [-0.4, -0.2) is 22.1 Å². The van der Waals surface area contributed by atoms with Gasteiger partial charge in [-0.15, -0.1) is 11.3 Å². The number of ether oxygens (including phenoxy) is 1. The normalized spacial score (nSPS) is 12.1. The van der Waals surface area contributed by atoms with Gasteiger partial charge in [0, 0.05) is 0 Å². The summed E-state index contributed by atoms with van der Waals surface area (Å²) in [5.74, 6) is 1.62. The van der Waals surface area contributed by atoms with Gasteiger partial charge in [0.25, 0.3) is 5.91 Å². The Labute approximate surface area is 180 Å². The number of fused-ring (bicyclic) bond motifs is 1. The maximum absolute atomic E-state index is 12.5. The fourth-order valence-electron chi connectivity index (χ4n) is 3.67. The zero-order chi connectivity index (χ0) is 21.1. The second-order valence-corrected chi connectivity index (χ2v) is 8.40. The molecule has 5 nitrogen and oxygen atoms in total. The van der Waals surface area contributed by atoms with E-state index in [0.29, 0.717) is 18.0 Å². The Morgan fingerprint density at radius 3 is 2.63 bits per heavy atom. The minimum atomic E-state index is -0.229. The number of thiophene rings is 1. The molecule has 30 heavy (non-hydrogen) atoms. The molecular formula is C24H25N3O2S. The molecule has 1 N–H and O–H groups in total. The van der Waals surface area contributed by atoms with Crippen LogP contribution < -0.4 is 10.1 Å². The predicted octanol–water partition coefficient (Wildman–Crippen LogP) is 5.28. The maximum atomic E-state index is 12.5. The number of imidazole rings is 1. The number of carbonyl (C=O) groups is 1. The van der Waals surface area contributed by atoms with Crippen LogP contribution >= 0.6 is 11.3 Å². The van der Waals surface area contributed by atoms with Crippen molar-refractivity contribution >= 4 is 28.3 Å². The molecule has 0 aliphatic rings. The zero-order valence-corrected chi connectivity index (χ0v) is 18.2. The van der Waals surface area contributed by atoms with E-state index < -0.39 is 0 Å². The average Bonchev–Trinajstić information content (AvgIpc) is 3.36. The third-order valence-electron chi connectivity index (χ3n) is 4.94. The summed E-state index contributed by atoms with van der Waals surface area (Å²) in [4.78, 5) is 18.0. The number of amides is 1. The predicted molar refractivity (Wildman–Crippen MR) is 121 cm³/mol. The minimum absolute atomic E-state index is 0.0809. The topological polar surface area (TPSA) is 56.1 Å². The molecule has 1 unspecified atom stereocenters. The van der Waals surface area contributed by atoms with Crippen molar-refractivity contribution in [1.29, 1.82) is 0 Å². The highest BCUT2D eigenvalue weighted by Crippen LogP contribution is 2.22. The van der Waals surface area contributed by atoms with Crippen LogP contribution in [0.1, 0.15) is 39.6 Å². The van der Waals surface area contributed by atoms with Crippen molar-refractivity contribution < 1.29 is 9.53 Å². The van der Waals surface area contributed by atoms with Crippen molar-refractivity contribution in [2.45, 2.75) is 33.4 Å². The number of benzene rings is 2. The monoisotopic (exact) mass is 419 g/mol. The fraction of sp³-hybridized carbons (Fsp3) is 0.250. The molecule has 1 amide bonds. The van der Waals surface area contributed by atoms with Crippen molar-refractivity contribution in [2.24, 2.45) is 0 Å². The first-order valence-corrected chi connectivity index (χ1v) is 10.9. The molecule has 4 aromatic rings. The van der Waals surface area contributed by atoms with E-state index in [1.807, 2.05) is 54.8 Å². The van der Waals surface area contributed by atoms with E-state index in [1.165, 1.54) is 22.5 Å². The van der Waals surface area contributed by atoms with Crippen LogP contribution in [0.25, 0.3) is 11.0 Å². The molecule has 154 valence electrons. The van der Waals surface area contributed by atoms with Crippen LogP contribution in [0.15, 0.2) is 60.0 Å². The first kappa shape index (κ1) is 20.2. The maximum Gasteiger partial charge on any atom is 0.261 e. The quantitative estimate of drug-likeness (QED) is 0.443. The summed E-state index contributed by atoms with van der Waals surface area (Å²) in [6.07, 6.45) is 0.